The second kappa shape index (κ2) is 4.55. The van der Waals surface area contributed by atoms with Crippen LogP contribution in [-0.2, 0) is 9.47 Å². The molecule has 14 heavy (non-hydrogen) atoms. The third-order valence-corrected chi connectivity index (χ3v) is 2.53. The lowest BCUT2D eigenvalue weighted by atomic mass is 10.0. The minimum atomic E-state index is -0.776. The van der Waals surface area contributed by atoms with E-state index in [0.717, 1.165) is 5.56 Å². The van der Waals surface area contributed by atoms with Gasteiger partial charge in [0, 0.05) is 14.2 Å². The van der Waals surface area contributed by atoms with Crippen molar-refractivity contribution in [2.24, 2.45) is 5.73 Å². The zero-order valence-electron chi connectivity index (χ0n) is 8.86. The van der Waals surface area contributed by atoms with E-state index in [9.17, 15) is 0 Å². The van der Waals surface area contributed by atoms with Gasteiger partial charge < -0.3 is 15.2 Å². The minimum absolute atomic E-state index is 0.293. The molecule has 0 saturated heterocycles. The lowest BCUT2D eigenvalue weighted by Crippen LogP contribution is -2.41. The molecule has 1 rings (SSSR count). The largest absolute Gasteiger partial charge is 0.352 e. The summed E-state index contributed by atoms with van der Waals surface area (Å²) >= 11 is 0. The maximum Gasteiger partial charge on any atom is 0.184 e. The predicted octanol–water partition coefficient (Wildman–Crippen LogP) is 1.70. The van der Waals surface area contributed by atoms with Crippen LogP contribution in [-0.4, -0.2) is 20.0 Å². The molecule has 1 aromatic carbocycles. The van der Waals surface area contributed by atoms with Gasteiger partial charge in [0.15, 0.2) is 5.79 Å². The molecule has 1 unspecified atom stereocenters. The van der Waals surface area contributed by atoms with Gasteiger partial charge in [-0.3, -0.25) is 0 Å². The van der Waals surface area contributed by atoms with Crippen LogP contribution in [0, 0.1) is 0 Å². The molecule has 0 spiro atoms. The second-order valence-corrected chi connectivity index (χ2v) is 3.31. The quantitative estimate of drug-likeness (QED) is 0.744. The Morgan fingerprint density at radius 1 is 1.14 bits per heavy atom. The van der Waals surface area contributed by atoms with Gasteiger partial charge in [0.25, 0.3) is 0 Å². The van der Waals surface area contributed by atoms with Crippen LogP contribution in [0.2, 0.25) is 0 Å². The van der Waals surface area contributed by atoms with Crippen molar-refractivity contribution in [2.75, 3.05) is 14.2 Å². The number of hydrogen-bond donors (Lipinski definition) is 1. The summed E-state index contributed by atoms with van der Waals surface area (Å²) in [6, 6.07) is 9.47. The molecule has 0 aromatic heterocycles. The van der Waals surface area contributed by atoms with Gasteiger partial charge in [-0.05, 0) is 12.5 Å². The molecule has 0 amide bonds. The summed E-state index contributed by atoms with van der Waals surface area (Å²) in [6.07, 6.45) is 0. The highest BCUT2D eigenvalue weighted by Gasteiger charge is 2.32. The van der Waals surface area contributed by atoms with Crippen LogP contribution in [0.1, 0.15) is 18.5 Å². The molecule has 1 atom stereocenters. The standard InChI is InChI=1S/C11H17NO2/c1-11(13-2,14-3)10(12)9-7-5-4-6-8-9/h4-8,10H,12H2,1-3H3. The Morgan fingerprint density at radius 3 is 2.07 bits per heavy atom. The van der Waals surface area contributed by atoms with E-state index in [4.69, 9.17) is 15.2 Å². The normalized spacial score (nSPS) is 14.0. The molecule has 0 aliphatic rings. The zero-order chi connectivity index (χ0) is 10.6. The van der Waals surface area contributed by atoms with Crippen molar-refractivity contribution < 1.29 is 9.47 Å². The molecule has 1 aromatic rings. The molecule has 0 fully saturated rings. The Hall–Kier alpha value is -0.900. The van der Waals surface area contributed by atoms with Crippen LogP contribution in [0.4, 0.5) is 0 Å². The lowest BCUT2D eigenvalue weighted by Gasteiger charge is -2.32. The van der Waals surface area contributed by atoms with Crippen molar-refractivity contribution >= 4 is 0 Å². The van der Waals surface area contributed by atoms with E-state index >= 15 is 0 Å². The molecular formula is C11H17NO2. The third-order valence-electron chi connectivity index (χ3n) is 2.53. The molecule has 78 valence electrons. The summed E-state index contributed by atoms with van der Waals surface area (Å²) in [5.41, 5.74) is 7.04. The molecule has 0 bridgehead atoms. The first-order chi connectivity index (χ1) is 6.64. The van der Waals surface area contributed by atoms with E-state index in [1.807, 2.05) is 37.3 Å². The monoisotopic (exact) mass is 195 g/mol. The van der Waals surface area contributed by atoms with Gasteiger partial charge in [-0.2, -0.15) is 0 Å². The summed E-state index contributed by atoms with van der Waals surface area (Å²) in [5.74, 6) is -0.776. The van der Waals surface area contributed by atoms with Crippen LogP contribution in [0.3, 0.4) is 0 Å². The van der Waals surface area contributed by atoms with Crippen molar-refractivity contribution in [1.82, 2.24) is 0 Å². The van der Waals surface area contributed by atoms with Crippen molar-refractivity contribution in [1.29, 1.82) is 0 Å². The average Bonchev–Trinajstić information content (AvgIpc) is 2.28. The van der Waals surface area contributed by atoms with Gasteiger partial charge in [0.1, 0.15) is 0 Å². The summed E-state index contributed by atoms with van der Waals surface area (Å²) in [5, 5.41) is 0. The molecule has 0 radical (unpaired) electrons. The van der Waals surface area contributed by atoms with Gasteiger partial charge in [-0.15, -0.1) is 0 Å². The number of rotatable bonds is 4. The van der Waals surface area contributed by atoms with Crippen LogP contribution in [0.15, 0.2) is 30.3 Å². The highest BCUT2D eigenvalue weighted by atomic mass is 16.7. The summed E-state index contributed by atoms with van der Waals surface area (Å²) in [6.45, 7) is 1.82. The Kier molecular flexibility index (Phi) is 3.63. The second-order valence-electron chi connectivity index (χ2n) is 3.31. The zero-order valence-corrected chi connectivity index (χ0v) is 8.86. The van der Waals surface area contributed by atoms with Gasteiger partial charge in [-0.1, -0.05) is 30.3 Å². The molecule has 3 heteroatoms. The molecule has 0 saturated carbocycles. The summed E-state index contributed by atoms with van der Waals surface area (Å²) < 4.78 is 10.5. The first kappa shape index (κ1) is 11.2. The number of hydrogen-bond acceptors (Lipinski definition) is 3. The van der Waals surface area contributed by atoms with E-state index in [2.05, 4.69) is 0 Å². The number of methoxy groups -OCH3 is 2. The first-order valence-corrected chi connectivity index (χ1v) is 4.55. The SMILES string of the molecule is COC(C)(OC)C(N)c1ccccc1. The molecular weight excluding hydrogens is 178 g/mol. The van der Waals surface area contributed by atoms with Crippen molar-refractivity contribution in [3.05, 3.63) is 35.9 Å². The number of ether oxygens (including phenoxy) is 2. The Balaban J connectivity index is 2.89. The molecule has 0 aliphatic carbocycles. The molecule has 0 heterocycles. The van der Waals surface area contributed by atoms with Crippen molar-refractivity contribution in [2.45, 2.75) is 18.8 Å². The average molecular weight is 195 g/mol. The van der Waals surface area contributed by atoms with Crippen molar-refractivity contribution in [3.8, 4) is 0 Å². The van der Waals surface area contributed by atoms with E-state index in [1.54, 1.807) is 14.2 Å². The van der Waals surface area contributed by atoms with Gasteiger partial charge in [-0.25, -0.2) is 0 Å². The van der Waals surface area contributed by atoms with Gasteiger partial charge >= 0.3 is 0 Å². The molecule has 2 N–H and O–H groups in total. The van der Waals surface area contributed by atoms with Crippen LogP contribution < -0.4 is 5.73 Å². The van der Waals surface area contributed by atoms with Crippen LogP contribution in [0.5, 0.6) is 0 Å². The summed E-state index contributed by atoms with van der Waals surface area (Å²) in [4.78, 5) is 0. The summed E-state index contributed by atoms with van der Waals surface area (Å²) in [7, 11) is 3.18. The fourth-order valence-corrected chi connectivity index (χ4v) is 1.30. The number of benzene rings is 1. The first-order valence-electron chi connectivity index (χ1n) is 4.55. The Labute approximate surface area is 84.8 Å². The Morgan fingerprint density at radius 2 is 1.64 bits per heavy atom. The third kappa shape index (κ3) is 2.12. The predicted molar refractivity (Wildman–Crippen MR) is 55.8 cm³/mol. The minimum Gasteiger partial charge on any atom is -0.352 e. The van der Waals surface area contributed by atoms with Crippen LogP contribution in [0.25, 0.3) is 0 Å². The highest BCUT2D eigenvalue weighted by Crippen LogP contribution is 2.26. The fourth-order valence-electron chi connectivity index (χ4n) is 1.30. The van der Waals surface area contributed by atoms with Crippen molar-refractivity contribution in [3.63, 3.8) is 0 Å². The van der Waals surface area contributed by atoms with E-state index in [0.29, 0.717) is 0 Å². The topological polar surface area (TPSA) is 44.5 Å². The molecule has 3 nitrogen and oxygen atoms in total. The Bertz CT molecular complexity index is 270. The van der Waals surface area contributed by atoms with E-state index in [1.165, 1.54) is 0 Å². The smallest absolute Gasteiger partial charge is 0.184 e. The fraction of sp³-hybridized carbons (Fsp3) is 0.455. The number of nitrogens with two attached hydrogens (primary N) is 1. The maximum absolute atomic E-state index is 6.04. The lowest BCUT2D eigenvalue weighted by molar-refractivity contribution is -0.208. The van der Waals surface area contributed by atoms with Gasteiger partial charge in [0.2, 0.25) is 0 Å². The molecule has 0 aliphatic heterocycles. The highest BCUT2D eigenvalue weighted by molar-refractivity contribution is 5.20. The van der Waals surface area contributed by atoms with Crippen LogP contribution >= 0.6 is 0 Å². The maximum atomic E-state index is 6.04. The van der Waals surface area contributed by atoms with Gasteiger partial charge in [0.05, 0.1) is 6.04 Å². The van der Waals surface area contributed by atoms with E-state index < -0.39 is 5.79 Å². The van der Waals surface area contributed by atoms with E-state index in [-0.39, 0.29) is 6.04 Å².